The van der Waals surface area contributed by atoms with Gasteiger partial charge in [0, 0.05) is 5.88 Å². The van der Waals surface area contributed by atoms with Crippen molar-refractivity contribution in [2.75, 3.05) is 5.88 Å². The maximum Gasteiger partial charge on any atom is 0.126 e. The van der Waals surface area contributed by atoms with Gasteiger partial charge in [0.15, 0.2) is 0 Å². The van der Waals surface area contributed by atoms with Gasteiger partial charge in [-0.05, 0) is 30.9 Å². The highest BCUT2D eigenvalue weighted by molar-refractivity contribution is 6.17. The van der Waals surface area contributed by atoms with E-state index in [-0.39, 0.29) is 5.82 Å². The van der Waals surface area contributed by atoms with E-state index in [0.29, 0.717) is 5.88 Å². The average Bonchev–Trinajstić information content (AvgIpc) is 2.09. The number of rotatable bonds is 4. The van der Waals surface area contributed by atoms with Crippen LogP contribution >= 0.6 is 11.6 Å². The molecular weight excluding hydrogens is 175 g/mol. The fraction of sp³-hybridized carbons (Fsp3) is 0.400. The van der Waals surface area contributed by atoms with Crippen LogP contribution in [0.5, 0.6) is 0 Å². The summed E-state index contributed by atoms with van der Waals surface area (Å²) in [6.45, 7) is 0. The van der Waals surface area contributed by atoms with Crippen LogP contribution in [0.2, 0.25) is 0 Å². The standard InChI is InChI=1S/C10H12ClF/c11-8-4-3-6-9-5-1-2-7-10(9)12/h1-2,5,7H,3-4,6,8H2. The Kier molecular flexibility index (Phi) is 4.09. The molecule has 0 atom stereocenters. The minimum absolute atomic E-state index is 0.105. The molecular formula is C10H12ClF. The van der Waals surface area contributed by atoms with Gasteiger partial charge in [0.25, 0.3) is 0 Å². The van der Waals surface area contributed by atoms with Crippen molar-refractivity contribution in [2.24, 2.45) is 0 Å². The Morgan fingerprint density at radius 2 is 1.92 bits per heavy atom. The Balaban J connectivity index is 2.46. The van der Waals surface area contributed by atoms with E-state index >= 15 is 0 Å². The zero-order chi connectivity index (χ0) is 8.81. The molecule has 0 amide bonds. The van der Waals surface area contributed by atoms with Gasteiger partial charge in [0.1, 0.15) is 5.82 Å². The highest BCUT2D eigenvalue weighted by Crippen LogP contribution is 2.09. The summed E-state index contributed by atoms with van der Waals surface area (Å²) in [4.78, 5) is 0. The van der Waals surface area contributed by atoms with Crippen molar-refractivity contribution in [3.05, 3.63) is 35.6 Å². The summed E-state index contributed by atoms with van der Waals surface area (Å²) >= 11 is 5.51. The van der Waals surface area contributed by atoms with E-state index in [1.165, 1.54) is 6.07 Å². The van der Waals surface area contributed by atoms with Gasteiger partial charge < -0.3 is 0 Å². The van der Waals surface area contributed by atoms with Gasteiger partial charge in [-0.25, -0.2) is 4.39 Å². The summed E-state index contributed by atoms with van der Waals surface area (Å²) < 4.78 is 13.0. The lowest BCUT2D eigenvalue weighted by Crippen LogP contribution is -1.90. The molecule has 1 aromatic carbocycles. The monoisotopic (exact) mass is 186 g/mol. The van der Waals surface area contributed by atoms with Crippen molar-refractivity contribution in [1.82, 2.24) is 0 Å². The predicted octanol–water partition coefficient (Wildman–Crippen LogP) is 3.39. The summed E-state index contributed by atoms with van der Waals surface area (Å²) in [6, 6.07) is 6.89. The minimum Gasteiger partial charge on any atom is -0.207 e. The second-order valence-corrected chi connectivity index (χ2v) is 3.12. The number of halogens is 2. The third kappa shape index (κ3) is 2.82. The number of hydrogen-bond donors (Lipinski definition) is 0. The van der Waals surface area contributed by atoms with Crippen molar-refractivity contribution < 1.29 is 4.39 Å². The Morgan fingerprint density at radius 1 is 1.17 bits per heavy atom. The van der Waals surface area contributed by atoms with Crippen LogP contribution in [-0.2, 0) is 6.42 Å². The molecule has 0 spiro atoms. The molecule has 0 N–H and O–H groups in total. The van der Waals surface area contributed by atoms with Crippen LogP contribution in [0.4, 0.5) is 4.39 Å². The Labute approximate surface area is 77.4 Å². The number of benzene rings is 1. The van der Waals surface area contributed by atoms with E-state index in [2.05, 4.69) is 0 Å². The average molecular weight is 187 g/mol. The zero-order valence-corrected chi connectivity index (χ0v) is 7.65. The lowest BCUT2D eigenvalue weighted by Gasteiger charge is -2.00. The lowest BCUT2D eigenvalue weighted by molar-refractivity contribution is 0.603. The SMILES string of the molecule is Fc1ccccc1CCCCCl. The van der Waals surface area contributed by atoms with Crippen LogP contribution in [0.3, 0.4) is 0 Å². The van der Waals surface area contributed by atoms with Gasteiger partial charge in [-0.3, -0.25) is 0 Å². The number of alkyl halides is 1. The molecule has 2 heteroatoms. The van der Waals surface area contributed by atoms with Crippen LogP contribution in [0, 0.1) is 5.82 Å². The smallest absolute Gasteiger partial charge is 0.126 e. The van der Waals surface area contributed by atoms with Gasteiger partial charge in [-0.1, -0.05) is 18.2 Å². The zero-order valence-electron chi connectivity index (χ0n) is 6.89. The van der Waals surface area contributed by atoms with E-state index < -0.39 is 0 Å². The Morgan fingerprint density at radius 3 is 2.58 bits per heavy atom. The van der Waals surface area contributed by atoms with E-state index in [1.807, 2.05) is 12.1 Å². The molecule has 1 aromatic rings. The van der Waals surface area contributed by atoms with E-state index in [4.69, 9.17) is 11.6 Å². The van der Waals surface area contributed by atoms with Crippen molar-refractivity contribution in [1.29, 1.82) is 0 Å². The fourth-order valence-corrected chi connectivity index (χ4v) is 1.30. The minimum atomic E-state index is -0.105. The highest BCUT2D eigenvalue weighted by atomic mass is 35.5. The van der Waals surface area contributed by atoms with Crippen molar-refractivity contribution in [3.8, 4) is 0 Å². The molecule has 0 aliphatic rings. The molecule has 0 radical (unpaired) electrons. The van der Waals surface area contributed by atoms with Crippen molar-refractivity contribution >= 4 is 11.6 Å². The van der Waals surface area contributed by atoms with Gasteiger partial charge in [0.05, 0.1) is 0 Å². The first-order valence-electron chi connectivity index (χ1n) is 4.14. The van der Waals surface area contributed by atoms with Crippen LogP contribution < -0.4 is 0 Å². The lowest BCUT2D eigenvalue weighted by atomic mass is 10.1. The first-order chi connectivity index (χ1) is 5.84. The van der Waals surface area contributed by atoms with Gasteiger partial charge in [-0.15, -0.1) is 11.6 Å². The topological polar surface area (TPSA) is 0 Å². The molecule has 0 aliphatic heterocycles. The first kappa shape index (κ1) is 9.53. The number of hydrogen-bond acceptors (Lipinski definition) is 0. The van der Waals surface area contributed by atoms with Gasteiger partial charge in [0.2, 0.25) is 0 Å². The summed E-state index contributed by atoms with van der Waals surface area (Å²) in [5.41, 5.74) is 0.794. The molecule has 0 saturated heterocycles. The molecule has 0 saturated carbocycles. The molecule has 0 bridgehead atoms. The highest BCUT2D eigenvalue weighted by Gasteiger charge is 1.98. The van der Waals surface area contributed by atoms with Crippen molar-refractivity contribution in [2.45, 2.75) is 19.3 Å². The molecule has 0 fully saturated rings. The summed E-state index contributed by atoms with van der Waals surface area (Å²) in [7, 11) is 0. The Hall–Kier alpha value is -0.560. The van der Waals surface area contributed by atoms with E-state index in [9.17, 15) is 4.39 Å². The number of unbranched alkanes of at least 4 members (excludes halogenated alkanes) is 1. The first-order valence-corrected chi connectivity index (χ1v) is 4.67. The molecule has 0 aromatic heterocycles. The van der Waals surface area contributed by atoms with Gasteiger partial charge in [-0.2, -0.15) is 0 Å². The maximum absolute atomic E-state index is 13.0. The van der Waals surface area contributed by atoms with Crippen molar-refractivity contribution in [3.63, 3.8) is 0 Å². The maximum atomic E-state index is 13.0. The Bertz CT molecular complexity index is 235. The predicted molar refractivity (Wildman–Crippen MR) is 50.1 cm³/mol. The molecule has 0 aliphatic carbocycles. The van der Waals surface area contributed by atoms with E-state index in [1.54, 1.807) is 6.07 Å². The molecule has 66 valence electrons. The summed E-state index contributed by atoms with van der Waals surface area (Å²) in [6.07, 6.45) is 2.71. The van der Waals surface area contributed by atoms with Gasteiger partial charge >= 0.3 is 0 Å². The molecule has 0 heterocycles. The second kappa shape index (κ2) is 5.15. The third-order valence-electron chi connectivity index (χ3n) is 1.79. The summed E-state index contributed by atoms with van der Waals surface area (Å²) in [5.74, 6) is 0.557. The van der Waals surface area contributed by atoms with Crippen LogP contribution in [0.15, 0.2) is 24.3 Å². The van der Waals surface area contributed by atoms with Crippen LogP contribution in [0.1, 0.15) is 18.4 Å². The fourth-order valence-electron chi connectivity index (χ4n) is 1.11. The third-order valence-corrected chi connectivity index (χ3v) is 2.05. The largest absolute Gasteiger partial charge is 0.207 e. The molecule has 0 unspecified atom stereocenters. The summed E-state index contributed by atoms with van der Waals surface area (Å²) in [5, 5.41) is 0. The molecule has 0 nitrogen and oxygen atoms in total. The molecule has 1 rings (SSSR count). The van der Waals surface area contributed by atoms with Crippen LogP contribution in [0.25, 0.3) is 0 Å². The second-order valence-electron chi connectivity index (χ2n) is 2.74. The molecule has 12 heavy (non-hydrogen) atoms. The van der Waals surface area contributed by atoms with E-state index in [0.717, 1.165) is 24.8 Å². The van der Waals surface area contributed by atoms with Crippen LogP contribution in [-0.4, -0.2) is 5.88 Å². The normalized spacial score (nSPS) is 10.2. The number of aryl methyl sites for hydroxylation is 1. The quantitative estimate of drug-likeness (QED) is 0.500.